The molecule has 0 aromatic heterocycles. The Labute approximate surface area is 263 Å². The molecule has 0 spiro atoms. The van der Waals surface area contributed by atoms with Crippen LogP contribution in [0.15, 0.2) is 12.2 Å². The summed E-state index contributed by atoms with van der Waals surface area (Å²) in [7, 11) is 0. The van der Waals surface area contributed by atoms with Gasteiger partial charge in [-0.15, -0.1) is 0 Å². The van der Waals surface area contributed by atoms with Gasteiger partial charge in [0.1, 0.15) is 0 Å². The Morgan fingerprint density at radius 3 is 1.33 bits per heavy atom. The first-order chi connectivity index (χ1) is 20.4. The SMILES string of the molecule is CC(C)CCCCCCCCCCCCCCC(=O)O.CCCCCCCC/C=C\CCCCCCCC(=O)OCC. The first-order valence-electron chi connectivity index (χ1n) is 18.5. The molecule has 250 valence electrons. The summed E-state index contributed by atoms with van der Waals surface area (Å²) in [6, 6.07) is 0. The molecule has 0 atom stereocenters. The van der Waals surface area contributed by atoms with Crippen LogP contribution in [-0.4, -0.2) is 23.7 Å². The largest absolute Gasteiger partial charge is 0.481 e. The highest BCUT2D eigenvalue weighted by Crippen LogP contribution is 2.14. The molecule has 0 fully saturated rings. The normalized spacial score (nSPS) is 11.2. The second kappa shape index (κ2) is 37.7. The number of aliphatic carboxylic acids is 1. The third kappa shape index (κ3) is 43.1. The molecule has 0 saturated carbocycles. The molecule has 0 amide bonds. The summed E-state index contributed by atoms with van der Waals surface area (Å²) in [4.78, 5) is 21.5. The molecule has 1 N–H and O–H groups in total. The predicted molar refractivity (Wildman–Crippen MR) is 183 cm³/mol. The average molecular weight is 595 g/mol. The van der Waals surface area contributed by atoms with Crippen molar-refractivity contribution in [3.05, 3.63) is 12.2 Å². The molecular weight excluding hydrogens is 520 g/mol. The third-order valence-electron chi connectivity index (χ3n) is 7.87. The molecule has 42 heavy (non-hydrogen) atoms. The van der Waals surface area contributed by atoms with E-state index in [2.05, 4.69) is 32.9 Å². The first kappa shape index (κ1) is 42.8. The van der Waals surface area contributed by atoms with Gasteiger partial charge in [-0.3, -0.25) is 9.59 Å². The van der Waals surface area contributed by atoms with Crippen molar-refractivity contribution in [3.8, 4) is 0 Å². The zero-order valence-corrected chi connectivity index (χ0v) is 28.9. The van der Waals surface area contributed by atoms with Crippen LogP contribution in [0.3, 0.4) is 0 Å². The first-order valence-corrected chi connectivity index (χ1v) is 18.5. The zero-order chi connectivity index (χ0) is 31.4. The number of ether oxygens (including phenoxy) is 1. The van der Waals surface area contributed by atoms with Gasteiger partial charge in [-0.25, -0.2) is 0 Å². The van der Waals surface area contributed by atoms with E-state index < -0.39 is 5.97 Å². The minimum Gasteiger partial charge on any atom is -0.481 e. The van der Waals surface area contributed by atoms with Crippen molar-refractivity contribution in [2.45, 2.75) is 207 Å². The van der Waals surface area contributed by atoms with Gasteiger partial charge in [-0.1, -0.05) is 161 Å². The van der Waals surface area contributed by atoms with Crippen LogP contribution in [0.25, 0.3) is 0 Å². The maximum atomic E-state index is 11.1. The monoisotopic (exact) mass is 595 g/mol. The van der Waals surface area contributed by atoms with E-state index >= 15 is 0 Å². The van der Waals surface area contributed by atoms with E-state index in [4.69, 9.17) is 9.84 Å². The maximum Gasteiger partial charge on any atom is 0.305 e. The van der Waals surface area contributed by atoms with Crippen molar-refractivity contribution in [1.82, 2.24) is 0 Å². The minimum absolute atomic E-state index is 0.0415. The molecular formula is C38H74O4. The molecule has 0 saturated heterocycles. The number of carbonyl (C=O) groups excluding carboxylic acids is 1. The summed E-state index contributed by atoms with van der Waals surface area (Å²) in [5.41, 5.74) is 0. The number of carboxylic acids is 1. The van der Waals surface area contributed by atoms with E-state index in [0.29, 0.717) is 19.4 Å². The zero-order valence-electron chi connectivity index (χ0n) is 28.9. The molecule has 0 bridgehead atoms. The van der Waals surface area contributed by atoms with Crippen LogP contribution >= 0.6 is 0 Å². The molecule has 0 aliphatic heterocycles. The van der Waals surface area contributed by atoms with Gasteiger partial charge in [0.15, 0.2) is 0 Å². The Morgan fingerprint density at radius 2 is 0.929 bits per heavy atom. The summed E-state index contributed by atoms with van der Waals surface area (Å²) in [5.74, 6) is 0.170. The highest BCUT2D eigenvalue weighted by atomic mass is 16.5. The fraction of sp³-hybridized carbons (Fsp3) is 0.895. The topological polar surface area (TPSA) is 63.6 Å². The van der Waals surface area contributed by atoms with Crippen molar-refractivity contribution < 1.29 is 19.4 Å². The van der Waals surface area contributed by atoms with E-state index in [-0.39, 0.29) is 5.97 Å². The van der Waals surface area contributed by atoms with E-state index in [9.17, 15) is 9.59 Å². The van der Waals surface area contributed by atoms with Crippen LogP contribution < -0.4 is 0 Å². The van der Waals surface area contributed by atoms with Crippen LogP contribution in [0.5, 0.6) is 0 Å². The standard InChI is InChI=1S/C20H38O2.C18H36O2/c1-3-5-6-7-8-9-10-11-12-13-14-15-16-17-18-19-20(21)22-4-2;1-17(2)15-13-11-9-7-5-3-4-6-8-10-12-14-16-18(19)20/h11-12H,3-10,13-19H2,1-2H3;17H,3-16H2,1-2H3,(H,19,20)/b12-11-;. The number of carboxylic acid groups (broad SMARTS) is 1. The molecule has 0 heterocycles. The fourth-order valence-electron chi connectivity index (χ4n) is 5.17. The summed E-state index contributed by atoms with van der Waals surface area (Å²) < 4.78 is 4.91. The Bertz CT molecular complexity index is 569. The molecule has 0 rings (SSSR count). The van der Waals surface area contributed by atoms with Crippen molar-refractivity contribution in [2.24, 2.45) is 5.92 Å². The Morgan fingerprint density at radius 1 is 0.548 bits per heavy atom. The second-order valence-electron chi connectivity index (χ2n) is 12.7. The van der Waals surface area contributed by atoms with Gasteiger partial charge in [-0.05, 0) is 51.4 Å². The van der Waals surface area contributed by atoms with Crippen LogP contribution in [-0.2, 0) is 14.3 Å². The summed E-state index contributed by atoms with van der Waals surface area (Å²) >= 11 is 0. The molecule has 0 aromatic carbocycles. The van der Waals surface area contributed by atoms with Crippen LogP contribution in [0.4, 0.5) is 0 Å². The number of carbonyl (C=O) groups is 2. The van der Waals surface area contributed by atoms with Crippen molar-refractivity contribution in [3.63, 3.8) is 0 Å². The van der Waals surface area contributed by atoms with Crippen LogP contribution in [0, 0.1) is 5.92 Å². The van der Waals surface area contributed by atoms with Crippen molar-refractivity contribution in [1.29, 1.82) is 0 Å². The molecule has 4 heteroatoms. The lowest BCUT2D eigenvalue weighted by Crippen LogP contribution is -2.03. The Kier molecular flexibility index (Phi) is 38.4. The fourth-order valence-corrected chi connectivity index (χ4v) is 5.17. The molecule has 0 unspecified atom stereocenters. The lowest BCUT2D eigenvalue weighted by molar-refractivity contribution is -0.143. The molecule has 4 nitrogen and oxygen atoms in total. The predicted octanol–water partition coefficient (Wildman–Crippen LogP) is 12.8. The maximum absolute atomic E-state index is 11.1. The number of esters is 1. The van der Waals surface area contributed by atoms with Crippen LogP contribution in [0.2, 0.25) is 0 Å². The second-order valence-corrected chi connectivity index (χ2v) is 12.7. The van der Waals surface area contributed by atoms with Gasteiger partial charge in [0.05, 0.1) is 6.61 Å². The quantitative estimate of drug-likeness (QED) is 0.0492. The smallest absolute Gasteiger partial charge is 0.305 e. The molecule has 0 aliphatic rings. The highest BCUT2D eigenvalue weighted by Gasteiger charge is 2.00. The molecule has 0 aromatic rings. The van der Waals surface area contributed by atoms with Crippen molar-refractivity contribution >= 4 is 11.9 Å². The average Bonchev–Trinajstić information content (AvgIpc) is 2.95. The Balaban J connectivity index is 0. The summed E-state index contributed by atoms with van der Waals surface area (Å²) in [6.45, 7) is 9.24. The van der Waals surface area contributed by atoms with Crippen molar-refractivity contribution in [2.75, 3.05) is 6.61 Å². The highest BCUT2D eigenvalue weighted by molar-refractivity contribution is 5.69. The van der Waals surface area contributed by atoms with Gasteiger partial charge in [0.25, 0.3) is 0 Å². The van der Waals surface area contributed by atoms with Gasteiger partial charge in [0.2, 0.25) is 0 Å². The van der Waals surface area contributed by atoms with Gasteiger partial charge >= 0.3 is 11.9 Å². The van der Waals surface area contributed by atoms with Gasteiger partial charge in [-0.2, -0.15) is 0 Å². The lowest BCUT2D eigenvalue weighted by atomic mass is 10.0. The molecule has 0 radical (unpaired) electrons. The minimum atomic E-state index is -0.654. The Hall–Kier alpha value is -1.32. The number of hydrogen-bond donors (Lipinski definition) is 1. The van der Waals surface area contributed by atoms with Gasteiger partial charge in [0, 0.05) is 12.8 Å². The lowest BCUT2D eigenvalue weighted by Gasteiger charge is -2.04. The van der Waals surface area contributed by atoms with E-state index in [1.54, 1.807) is 0 Å². The number of allylic oxidation sites excluding steroid dienone is 2. The van der Waals surface area contributed by atoms with E-state index in [1.807, 2.05) is 6.92 Å². The number of unbranched alkanes of at least 4 members (excludes halogenated alkanes) is 22. The number of rotatable bonds is 31. The van der Waals surface area contributed by atoms with Crippen LogP contribution in [0.1, 0.15) is 207 Å². The summed E-state index contributed by atoms with van der Waals surface area (Å²) in [6.07, 6.45) is 39.3. The summed E-state index contributed by atoms with van der Waals surface area (Å²) in [5, 5.41) is 8.52. The molecule has 0 aliphatic carbocycles. The number of hydrogen-bond acceptors (Lipinski definition) is 3. The van der Waals surface area contributed by atoms with E-state index in [0.717, 1.165) is 31.6 Å². The van der Waals surface area contributed by atoms with Gasteiger partial charge < -0.3 is 9.84 Å². The van der Waals surface area contributed by atoms with E-state index in [1.165, 1.54) is 141 Å². The third-order valence-corrected chi connectivity index (χ3v) is 7.87.